The van der Waals surface area contributed by atoms with Crippen LogP contribution in [-0.2, 0) is 4.74 Å². The van der Waals surface area contributed by atoms with Gasteiger partial charge in [-0.15, -0.1) is 0 Å². The van der Waals surface area contributed by atoms with Crippen molar-refractivity contribution in [1.82, 2.24) is 4.57 Å². The molecule has 0 bridgehead atoms. The van der Waals surface area contributed by atoms with Crippen molar-refractivity contribution in [2.75, 3.05) is 7.11 Å². The van der Waals surface area contributed by atoms with Gasteiger partial charge in [-0.25, -0.2) is 9.59 Å². The van der Waals surface area contributed by atoms with E-state index in [1.54, 1.807) is 25.1 Å². The molecule has 0 unspecified atom stereocenters. The molecule has 2 aromatic heterocycles. The predicted octanol–water partition coefficient (Wildman–Crippen LogP) is 4.19. The second-order valence-electron chi connectivity index (χ2n) is 6.55. The molecule has 6 nitrogen and oxygen atoms in total. The molecule has 1 aliphatic carbocycles. The van der Waals surface area contributed by atoms with E-state index in [0.29, 0.717) is 22.9 Å². The maximum absolute atomic E-state index is 12.3. The van der Waals surface area contributed by atoms with Gasteiger partial charge in [0.05, 0.1) is 18.9 Å². The van der Waals surface area contributed by atoms with Gasteiger partial charge in [0.2, 0.25) is 5.76 Å². The van der Waals surface area contributed by atoms with Crippen LogP contribution in [0.15, 0.2) is 34.9 Å². The molecule has 0 amide bonds. The highest BCUT2D eigenvalue weighted by atomic mass is 16.5. The molecule has 2 heterocycles. The van der Waals surface area contributed by atoms with Crippen molar-refractivity contribution in [3.63, 3.8) is 0 Å². The average Bonchev–Trinajstić information content (AvgIpc) is 3.29. The lowest BCUT2D eigenvalue weighted by molar-refractivity contribution is 0.0601. The van der Waals surface area contributed by atoms with Crippen LogP contribution in [0.25, 0.3) is 10.9 Å². The summed E-state index contributed by atoms with van der Waals surface area (Å²) < 4.78 is 17.8. The summed E-state index contributed by atoms with van der Waals surface area (Å²) in [7, 11) is 1.37. The van der Waals surface area contributed by atoms with E-state index in [1.165, 1.54) is 13.4 Å². The first-order valence-corrected chi connectivity index (χ1v) is 8.50. The number of ether oxygens (including phenoxy) is 2. The van der Waals surface area contributed by atoms with Gasteiger partial charge < -0.3 is 18.5 Å². The first kappa shape index (κ1) is 16.4. The monoisotopic (exact) mass is 353 g/mol. The van der Waals surface area contributed by atoms with Gasteiger partial charge in [-0.3, -0.25) is 0 Å². The number of furan rings is 1. The molecule has 4 rings (SSSR count). The van der Waals surface area contributed by atoms with Gasteiger partial charge >= 0.3 is 11.9 Å². The molecule has 0 N–H and O–H groups in total. The van der Waals surface area contributed by atoms with E-state index in [9.17, 15) is 9.59 Å². The molecule has 1 aliphatic rings. The SMILES string of the molecule is COC(=O)c1c(C)n(C2CC2)c2ccc(OC(=O)c3occc3C)cc12. The number of esters is 2. The molecule has 0 aliphatic heterocycles. The summed E-state index contributed by atoms with van der Waals surface area (Å²) in [5, 5.41) is 0.725. The molecule has 0 atom stereocenters. The number of benzene rings is 1. The maximum atomic E-state index is 12.3. The summed E-state index contributed by atoms with van der Waals surface area (Å²) in [4.78, 5) is 24.6. The van der Waals surface area contributed by atoms with Crippen molar-refractivity contribution in [2.24, 2.45) is 0 Å². The quantitative estimate of drug-likeness (QED) is 0.519. The number of hydrogen-bond donors (Lipinski definition) is 0. The van der Waals surface area contributed by atoms with Crippen LogP contribution in [0.4, 0.5) is 0 Å². The maximum Gasteiger partial charge on any atom is 0.379 e. The van der Waals surface area contributed by atoms with Gasteiger partial charge in [-0.1, -0.05) is 0 Å². The normalized spacial score (nSPS) is 13.8. The van der Waals surface area contributed by atoms with Crippen LogP contribution in [0, 0.1) is 13.8 Å². The number of nitrogens with zero attached hydrogens (tertiary/aromatic N) is 1. The minimum atomic E-state index is -0.565. The van der Waals surface area contributed by atoms with Gasteiger partial charge in [0.1, 0.15) is 5.75 Å². The number of fused-ring (bicyclic) bond motifs is 1. The van der Waals surface area contributed by atoms with Gasteiger partial charge in [0, 0.05) is 28.2 Å². The minimum Gasteiger partial charge on any atom is -0.465 e. The highest BCUT2D eigenvalue weighted by molar-refractivity contribution is 6.06. The predicted molar refractivity (Wildman–Crippen MR) is 94.7 cm³/mol. The molecule has 134 valence electrons. The van der Waals surface area contributed by atoms with E-state index < -0.39 is 11.9 Å². The Hall–Kier alpha value is -3.02. The zero-order valence-corrected chi connectivity index (χ0v) is 14.9. The molecule has 26 heavy (non-hydrogen) atoms. The Morgan fingerprint density at radius 3 is 2.54 bits per heavy atom. The third-order valence-electron chi connectivity index (χ3n) is 4.78. The Kier molecular flexibility index (Phi) is 3.83. The molecule has 6 heteroatoms. The van der Waals surface area contributed by atoms with Gasteiger partial charge in [-0.2, -0.15) is 0 Å². The number of aryl methyl sites for hydroxylation is 1. The van der Waals surface area contributed by atoms with Gasteiger partial charge in [-0.05, 0) is 51.0 Å². The van der Waals surface area contributed by atoms with Crippen molar-refractivity contribution in [3.05, 3.63) is 53.1 Å². The summed E-state index contributed by atoms with van der Waals surface area (Å²) in [6.07, 6.45) is 3.64. The van der Waals surface area contributed by atoms with Crippen molar-refractivity contribution in [3.8, 4) is 5.75 Å². The summed E-state index contributed by atoms with van der Waals surface area (Å²) in [6.45, 7) is 3.69. The Balaban J connectivity index is 1.78. The van der Waals surface area contributed by atoms with E-state index in [-0.39, 0.29) is 5.76 Å². The lowest BCUT2D eigenvalue weighted by Gasteiger charge is -2.07. The van der Waals surface area contributed by atoms with Crippen molar-refractivity contribution in [2.45, 2.75) is 32.7 Å². The standard InChI is InChI=1S/C20H19NO5/c1-11-8-9-25-18(11)20(23)26-14-6-7-16-15(10-14)17(19(22)24-3)12(2)21(16)13-4-5-13/h6-10,13H,4-5H2,1-3H3. The third kappa shape index (κ3) is 2.58. The van der Waals surface area contributed by atoms with E-state index in [0.717, 1.165) is 29.4 Å². The van der Waals surface area contributed by atoms with Crippen molar-refractivity contribution in [1.29, 1.82) is 0 Å². The second-order valence-corrected chi connectivity index (χ2v) is 6.55. The molecular formula is C20H19NO5. The van der Waals surface area contributed by atoms with Crippen molar-refractivity contribution >= 4 is 22.8 Å². The fraction of sp³-hybridized carbons (Fsp3) is 0.300. The fourth-order valence-corrected chi connectivity index (χ4v) is 3.38. The minimum absolute atomic E-state index is 0.171. The highest BCUT2D eigenvalue weighted by Gasteiger charge is 2.30. The van der Waals surface area contributed by atoms with E-state index in [4.69, 9.17) is 13.9 Å². The summed E-state index contributed by atoms with van der Waals surface area (Å²) in [6, 6.07) is 7.44. The first-order chi connectivity index (χ1) is 12.5. The Labute approximate surface area is 150 Å². The van der Waals surface area contributed by atoms with E-state index >= 15 is 0 Å². The Bertz CT molecular complexity index is 1020. The molecule has 0 spiro atoms. The van der Waals surface area contributed by atoms with Crippen LogP contribution < -0.4 is 4.74 Å². The van der Waals surface area contributed by atoms with Crippen LogP contribution in [-0.4, -0.2) is 23.6 Å². The van der Waals surface area contributed by atoms with Gasteiger partial charge in [0.15, 0.2) is 0 Å². The topological polar surface area (TPSA) is 70.7 Å². The smallest absolute Gasteiger partial charge is 0.379 e. The molecule has 1 saturated carbocycles. The lowest BCUT2D eigenvalue weighted by atomic mass is 10.1. The Morgan fingerprint density at radius 1 is 1.15 bits per heavy atom. The zero-order valence-electron chi connectivity index (χ0n) is 14.9. The first-order valence-electron chi connectivity index (χ1n) is 8.50. The fourth-order valence-electron chi connectivity index (χ4n) is 3.38. The number of aromatic nitrogens is 1. The van der Waals surface area contributed by atoms with E-state index in [1.807, 2.05) is 13.0 Å². The molecular weight excluding hydrogens is 334 g/mol. The number of hydrogen-bond acceptors (Lipinski definition) is 5. The van der Waals surface area contributed by atoms with Crippen LogP contribution in [0.3, 0.4) is 0 Å². The largest absolute Gasteiger partial charge is 0.465 e. The zero-order chi connectivity index (χ0) is 18.4. The third-order valence-corrected chi connectivity index (χ3v) is 4.78. The molecule has 0 radical (unpaired) electrons. The van der Waals surface area contributed by atoms with Crippen LogP contribution >= 0.6 is 0 Å². The van der Waals surface area contributed by atoms with Crippen molar-refractivity contribution < 1.29 is 23.5 Å². The summed E-state index contributed by atoms with van der Waals surface area (Å²) >= 11 is 0. The Morgan fingerprint density at radius 2 is 1.92 bits per heavy atom. The molecule has 1 aromatic carbocycles. The summed E-state index contributed by atoms with van der Waals surface area (Å²) in [5.74, 6) is -0.427. The second kappa shape index (κ2) is 6.05. The van der Waals surface area contributed by atoms with Crippen LogP contribution in [0.5, 0.6) is 5.75 Å². The number of carbonyl (C=O) groups excluding carboxylic acids is 2. The molecule has 3 aromatic rings. The average molecular weight is 353 g/mol. The highest BCUT2D eigenvalue weighted by Crippen LogP contribution is 2.42. The van der Waals surface area contributed by atoms with Crippen LogP contribution in [0.1, 0.15) is 51.1 Å². The molecule has 0 saturated heterocycles. The number of methoxy groups -OCH3 is 1. The van der Waals surface area contributed by atoms with E-state index in [2.05, 4.69) is 4.57 Å². The van der Waals surface area contributed by atoms with Crippen LogP contribution in [0.2, 0.25) is 0 Å². The number of carbonyl (C=O) groups is 2. The van der Waals surface area contributed by atoms with Gasteiger partial charge in [0.25, 0.3) is 0 Å². The number of rotatable bonds is 4. The summed E-state index contributed by atoms with van der Waals surface area (Å²) in [5.41, 5.74) is 3.04. The lowest BCUT2D eigenvalue weighted by Crippen LogP contribution is -2.08. The molecule has 1 fully saturated rings.